The number of piperidine rings is 1. The zero-order valence-corrected chi connectivity index (χ0v) is 20.0. The standard InChI is InChI=1S/C28H34N4O3/c33-26(34)22-8-6-19(7-9-22)17-32-14-10-21(11-15-32)25-30-27(31-35-25)28(12-13-28)18-29-24-16-23(24)20-4-2-1-3-5-20/h1-9,21,23-24,26,29,33-34H,10-18H2. The fourth-order valence-electron chi connectivity index (χ4n) is 5.45. The molecular formula is C28H34N4O3. The molecule has 2 saturated carbocycles. The lowest BCUT2D eigenvalue weighted by Crippen LogP contribution is -2.32. The summed E-state index contributed by atoms with van der Waals surface area (Å²) in [6.07, 6.45) is 4.09. The fourth-order valence-corrected chi connectivity index (χ4v) is 5.45. The molecule has 1 aromatic heterocycles. The average molecular weight is 475 g/mol. The summed E-state index contributed by atoms with van der Waals surface area (Å²) in [5.74, 6) is 2.66. The van der Waals surface area contributed by atoms with Crippen LogP contribution in [0.1, 0.15) is 78.6 Å². The van der Waals surface area contributed by atoms with Gasteiger partial charge >= 0.3 is 0 Å². The van der Waals surface area contributed by atoms with Crippen LogP contribution in [0.4, 0.5) is 0 Å². The molecule has 0 spiro atoms. The molecule has 3 aromatic rings. The molecule has 3 aliphatic rings. The molecule has 7 nitrogen and oxygen atoms in total. The minimum absolute atomic E-state index is 0.0561. The van der Waals surface area contributed by atoms with E-state index in [0.29, 0.717) is 23.4 Å². The van der Waals surface area contributed by atoms with Gasteiger partial charge in [0.2, 0.25) is 5.89 Å². The van der Waals surface area contributed by atoms with Crippen LogP contribution >= 0.6 is 0 Å². The van der Waals surface area contributed by atoms with Crippen molar-refractivity contribution >= 4 is 0 Å². The van der Waals surface area contributed by atoms with Gasteiger partial charge in [0, 0.05) is 41.9 Å². The Morgan fingerprint density at radius 1 is 1.03 bits per heavy atom. The molecule has 2 aromatic carbocycles. The molecule has 3 fully saturated rings. The van der Waals surface area contributed by atoms with Crippen LogP contribution in [0.15, 0.2) is 59.1 Å². The highest BCUT2D eigenvalue weighted by Crippen LogP contribution is 2.48. The molecule has 0 amide bonds. The van der Waals surface area contributed by atoms with Crippen molar-refractivity contribution in [3.63, 3.8) is 0 Å². The monoisotopic (exact) mass is 474 g/mol. The van der Waals surface area contributed by atoms with Crippen molar-refractivity contribution in [3.05, 3.63) is 83.0 Å². The third-order valence-electron chi connectivity index (χ3n) is 8.11. The highest BCUT2D eigenvalue weighted by atomic mass is 16.5. The quantitative estimate of drug-likeness (QED) is 0.408. The van der Waals surface area contributed by atoms with Crippen LogP contribution in [0.25, 0.3) is 0 Å². The fraction of sp³-hybridized carbons (Fsp3) is 0.500. The predicted octanol–water partition coefficient (Wildman–Crippen LogP) is 3.61. The van der Waals surface area contributed by atoms with E-state index < -0.39 is 6.29 Å². The van der Waals surface area contributed by atoms with E-state index in [4.69, 9.17) is 9.51 Å². The number of hydrogen-bond donors (Lipinski definition) is 3. The van der Waals surface area contributed by atoms with Crippen LogP contribution in [0, 0.1) is 0 Å². The molecule has 184 valence electrons. The van der Waals surface area contributed by atoms with Crippen LogP contribution in [-0.4, -0.2) is 50.9 Å². The lowest BCUT2D eigenvalue weighted by molar-refractivity contribution is -0.0425. The zero-order valence-electron chi connectivity index (χ0n) is 20.0. The maximum atomic E-state index is 9.26. The summed E-state index contributed by atoms with van der Waals surface area (Å²) in [5, 5.41) is 26.7. The van der Waals surface area contributed by atoms with E-state index in [1.165, 1.54) is 17.5 Å². The largest absolute Gasteiger partial charge is 0.364 e. The van der Waals surface area contributed by atoms with Crippen LogP contribution in [0.2, 0.25) is 0 Å². The second-order valence-electron chi connectivity index (χ2n) is 10.6. The number of likely N-dealkylation sites (tertiary alicyclic amines) is 1. The number of aliphatic hydroxyl groups excluding tert-OH is 1. The minimum Gasteiger partial charge on any atom is -0.364 e. The summed E-state index contributed by atoms with van der Waals surface area (Å²) >= 11 is 0. The van der Waals surface area contributed by atoms with Crippen LogP contribution in [-0.2, 0) is 12.0 Å². The van der Waals surface area contributed by atoms with E-state index in [2.05, 4.69) is 45.7 Å². The lowest BCUT2D eigenvalue weighted by Gasteiger charge is -2.30. The third kappa shape index (κ3) is 5.05. The van der Waals surface area contributed by atoms with Gasteiger partial charge in [0.1, 0.15) is 0 Å². The van der Waals surface area contributed by atoms with E-state index >= 15 is 0 Å². The Morgan fingerprint density at radius 3 is 2.46 bits per heavy atom. The zero-order chi connectivity index (χ0) is 23.8. The first kappa shape index (κ1) is 22.9. The smallest absolute Gasteiger partial charge is 0.229 e. The van der Waals surface area contributed by atoms with Crippen molar-refractivity contribution < 1.29 is 14.7 Å². The first-order valence-corrected chi connectivity index (χ1v) is 12.9. The average Bonchev–Trinajstić information content (AvgIpc) is 3.80. The van der Waals surface area contributed by atoms with Gasteiger partial charge in [-0.05, 0) is 56.3 Å². The SMILES string of the molecule is OC(O)c1ccc(CN2CCC(c3nc(C4(CNC5CC5c5ccccc5)CC4)no3)CC2)cc1. The lowest BCUT2D eigenvalue weighted by atomic mass is 9.96. The molecule has 7 heteroatoms. The van der Waals surface area contributed by atoms with Crippen molar-refractivity contribution in [1.82, 2.24) is 20.4 Å². The molecule has 2 atom stereocenters. The van der Waals surface area contributed by atoms with Crippen molar-refractivity contribution in [1.29, 1.82) is 0 Å². The number of aromatic nitrogens is 2. The Balaban J connectivity index is 0.992. The summed E-state index contributed by atoms with van der Waals surface area (Å²) < 4.78 is 5.78. The number of nitrogens with zero attached hydrogens (tertiary/aromatic N) is 3. The molecule has 0 bridgehead atoms. The van der Waals surface area contributed by atoms with Gasteiger partial charge < -0.3 is 20.1 Å². The van der Waals surface area contributed by atoms with Gasteiger partial charge in [-0.3, -0.25) is 4.90 Å². The molecule has 2 unspecified atom stereocenters. The topological polar surface area (TPSA) is 94.7 Å². The van der Waals surface area contributed by atoms with Crippen molar-refractivity contribution in [3.8, 4) is 0 Å². The molecule has 35 heavy (non-hydrogen) atoms. The van der Waals surface area contributed by atoms with Crippen molar-refractivity contribution in [2.45, 2.75) is 68.2 Å². The normalized spacial score (nSPS) is 24.1. The molecule has 2 heterocycles. The summed E-state index contributed by atoms with van der Waals surface area (Å²) in [7, 11) is 0. The first-order valence-electron chi connectivity index (χ1n) is 12.9. The molecular weight excluding hydrogens is 440 g/mol. The van der Waals surface area contributed by atoms with E-state index in [1.54, 1.807) is 12.1 Å². The Kier molecular flexibility index (Phi) is 6.18. The maximum Gasteiger partial charge on any atom is 0.229 e. The Labute approximate surface area is 206 Å². The molecule has 2 aliphatic carbocycles. The van der Waals surface area contributed by atoms with Crippen molar-refractivity contribution in [2.75, 3.05) is 19.6 Å². The third-order valence-corrected chi connectivity index (χ3v) is 8.11. The number of aliphatic hydroxyl groups is 2. The maximum absolute atomic E-state index is 9.26. The van der Waals surface area contributed by atoms with Crippen LogP contribution < -0.4 is 5.32 Å². The second-order valence-corrected chi connectivity index (χ2v) is 10.6. The van der Waals surface area contributed by atoms with Gasteiger partial charge in [0.15, 0.2) is 12.1 Å². The van der Waals surface area contributed by atoms with Crippen molar-refractivity contribution in [2.24, 2.45) is 0 Å². The Hall–Kier alpha value is -2.58. The summed E-state index contributed by atoms with van der Waals surface area (Å²) in [6.45, 7) is 3.78. The number of benzene rings is 2. The molecule has 1 aliphatic heterocycles. The Morgan fingerprint density at radius 2 is 1.77 bits per heavy atom. The summed E-state index contributed by atoms with van der Waals surface area (Å²) in [6, 6.07) is 18.9. The van der Waals surface area contributed by atoms with Gasteiger partial charge in [0.05, 0.1) is 0 Å². The Bertz CT molecular complexity index is 1120. The van der Waals surface area contributed by atoms with Crippen LogP contribution in [0.3, 0.4) is 0 Å². The van der Waals surface area contributed by atoms with Gasteiger partial charge in [-0.25, -0.2) is 0 Å². The summed E-state index contributed by atoms with van der Waals surface area (Å²) in [4.78, 5) is 7.33. The highest BCUT2D eigenvalue weighted by Gasteiger charge is 2.50. The van der Waals surface area contributed by atoms with Gasteiger partial charge in [0.25, 0.3) is 0 Å². The second kappa shape index (κ2) is 9.47. The molecule has 1 saturated heterocycles. The summed E-state index contributed by atoms with van der Waals surface area (Å²) in [5.41, 5.74) is 3.20. The highest BCUT2D eigenvalue weighted by molar-refractivity contribution is 5.28. The number of nitrogens with one attached hydrogen (secondary N) is 1. The number of rotatable bonds is 9. The van der Waals surface area contributed by atoms with Crippen LogP contribution in [0.5, 0.6) is 0 Å². The molecule has 6 rings (SSSR count). The van der Waals surface area contributed by atoms with E-state index in [0.717, 1.165) is 63.6 Å². The van der Waals surface area contributed by atoms with Gasteiger partial charge in [-0.15, -0.1) is 0 Å². The molecule has 0 radical (unpaired) electrons. The van der Waals surface area contributed by atoms with Gasteiger partial charge in [-0.2, -0.15) is 4.98 Å². The van der Waals surface area contributed by atoms with E-state index in [-0.39, 0.29) is 5.41 Å². The van der Waals surface area contributed by atoms with Gasteiger partial charge in [-0.1, -0.05) is 59.8 Å². The predicted molar refractivity (Wildman–Crippen MR) is 132 cm³/mol. The molecule has 3 N–H and O–H groups in total. The van der Waals surface area contributed by atoms with E-state index in [1.807, 2.05) is 12.1 Å². The minimum atomic E-state index is -1.41. The van der Waals surface area contributed by atoms with E-state index in [9.17, 15) is 10.2 Å². The number of hydrogen-bond acceptors (Lipinski definition) is 7. The first-order chi connectivity index (χ1) is 17.1.